The minimum atomic E-state index is -0.858. The third-order valence-corrected chi connectivity index (χ3v) is 11.0. The van der Waals surface area contributed by atoms with E-state index in [1.54, 1.807) is 12.3 Å². The lowest BCUT2D eigenvalue weighted by molar-refractivity contribution is 0.107. The summed E-state index contributed by atoms with van der Waals surface area (Å²) in [6.07, 6.45) is 9.54. The maximum Gasteiger partial charge on any atom is 0.319 e. The van der Waals surface area contributed by atoms with Crippen LogP contribution in [0.25, 0.3) is 22.2 Å². The molecule has 1 saturated carbocycles. The number of hydrogen-bond acceptors (Lipinski definition) is 8. The van der Waals surface area contributed by atoms with Gasteiger partial charge in [-0.2, -0.15) is 9.97 Å². The molecule has 4 saturated heterocycles. The Hall–Kier alpha value is -3.11. The van der Waals surface area contributed by atoms with E-state index in [9.17, 15) is 9.50 Å². The average molecular weight is 575 g/mol. The van der Waals surface area contributed by atoms with Crippen molar-refractivity contribution in [3.05, 3.63) is 35.3 Å². The van der Waals surface area contributed by atoms with Crippen molar-refractivity contribution in [3.8, 4) is 23.0 Å². The summed E-state index contributed by atoms with van der Waals surface area (Å²) in [4.78, 5) is 18.6. The molecule has 0 amide bonds. The fraction of sp³-hybridized carbons (Fsp3) is 0.594. The van der Waals surface area contributed by atoms with Gasteiger partial charge in [0.05, 0.1) is 10.9 Å². The average Bonchev–Trinajstić information content (AvgIpc) is 3.20. The van der Waals surface area contributed by atoms with Crippen LogP contribution in [0.1, 0.15) is 56.1 Å². The van der Waals surface area contributed by atoms with Crippen LogP contribution in [0.2, 0.25) is 0 Å². The third-order valence-electron chi connectivity index (χ3n) is 11.0. The molecule has 1 spiro atoms. The molecule has 10 heteroatoms. The van der Waals surface area contributed by atoms with Crippen LogP contribution in [-0.4, -0.2) is 81.5 Å². The lowest BCUT2D eigenvalue weighted by atomic mass is 9.95. The molecule has 0 unspecified atom stereocenters. The standard InChI is InChI=1S/C32H36F2N6O2/c33-19-11-32(4-1-7-40(32)14-19)17-42-30-37-28-25(29(38-30)39-15-20-2-3-21(16-39)36-20)13-35-27(26(28)34)23-9-22(41)8-18-10-31(5-6-31)12-24(18)23/h8-9,13,19-21,36,41H,1-7,10-12,14-17H2/t19-,20-,21+,32+/m1/s1. The molecule has 42 heavy (non-hydrogen) atoms. The molecular formula is C32H36F2N6O2. The first-order valence-corrected chi connectivity index (χ1v) is 15.6. The number of alkyl halides is 1. The van der Waals surface area contributed by atoms with Crippen molar-refractivity contribution in [2.75, 3.05) is 37.7 Å². The molecule has 2 N–H and O–H groups in total. The topological polar surface area (TPSA) is 86.6 Å². The summed E-state index contributed by atoms with van der Waals surface area (Å²) < 4.78 is 37.4. The zero-order valence-corrected chi connectivity index (χ0v) is 23.7. The van der Waals surface area contributed by atoms with E-state index in [0.29, 0.717) is 41.8 Å². The maximum atomic E-state index is 16.7. The lowest BCUT2D eigenvalue weighted by Crippen LogP contribution is -2.51. The lowest BCUT2D eigenvalue weighted by Gasteiger charge is -2.34. The highest BCUT2D eigenvalue weighted by Crippen LogP contribution is 2.57. The van der Waals surface area contributed by atoms with Crippen LogP contribution in [0.15, 0.2) is 18.3 Å². The first-order chi connectivity index (χ1) is 20.4. The highest BCUT2D eigenvalue weighted by Gasteiger charge is 2.50. The number of benzene rings is 1. The second-order valence-electron chi connectivity index (χ2n) is 13.9. The van der Waals surface area contributed by atoms with E-state index >= 15 is 4.39 Å². The van der Waals surface area contributed by atoms with Crippen molar-refractivity contribution in [2.45, 2.75) is 81.6 Å². The summed E-state index contributed by atoms with van der Waals surface area (Å²) in [5.74, 6) is 0.253. The number of hydrogen-bond donors (Lipinski definition) is 2. The molecule has 3 aromatic rings. The predicted octanol–water partition coefficient (Wildman–Crippen LogP) is 4.31. The van der Waals surface area contributed by atoms with Crippen LogP contribution >= 0.6 is 0 Å². The molecule has 4 atom stereocenters. The van der Waals surface area contributed by atoms with Crippen LogP contribution in [0.4, 0.5) is 14.6 Å². The molecule has 220 valence electrons. The minimum Gasteiger partial charge on any atom is -0.508 e. The molecule has 1 aromatic carbocycles. The summed E-state index contributed by atoms with van der Waals surface area (Å²) in [5.41, 5.74) is 3.13. The maximum absolute atomic E-state index is 16.7. The first-order valence-electron chi connectivity index (χ1n) is 15.6. The molecule has 4 aliphatic heterocycles. The number of anilines is 1. The number of nitrogens with zero attached hydrogens (tertiary/aromatic N) is 5. The normalized spacial score (nSPS) is 30.8. The van der Waals surface area contributed by atoms with Gasteiger partial charge in [0.15, 0.2) is 5.82 Å². The Labute approximate surface area is 243 Å². The first kappa shape index (κ1) is 25.4. The smallest absolute Gasteiger partial charge is 0.319 e. The Bertz CT molecular complexity index is 1600. The molecule has 2 aromatic heterocycles. The fourth-order valence-electron chi connectivity index (χ4n) is 8.80. The van der Waals surface area contributed by atoms with Gasteiger partial charge >= 0.3 is 6.01 Å². The number of halogens is 2. The third kappa shape index (κ3) is 3.93. The van der Waals surface area contributed by atoms with Crippen LogP contribution in [-0.2, 0) is 12.8 Å². The molecule has 8 nitrogen and oxygen atoms in total. The highest BCUT2D eigenvalue weighted by molar-refractivity contribution is 5.92. The van der Waals surface area contributed by atoms with E-state index in [0.717, 1.165) is 69.3 Å². The van der Waals surface area contributed by atoms with Crippen molar-refractivity contribution >= 4 is 16.7 Å². The van der Waals surface area contributed by atoms with E-state index < -0.39 is 12.0 Å². The monoisotopic (exact) mass is 574 g/mol. The van der Waals surface area contributed by atoms with Crippen molar-refractivity contribution < 1.29 is 18.6 Å². The van der Waals surface area contributed by atoms with Gasteiger partial charge in [0.1, 0.15) is 35.6 Å². The number of aromatic nitrogens is 3. The zero-order chi connectivity index (χ0) is 28.2. The van der Waals surface area contributed by atoms with E-state index in [1.807, 2.05) is 6.07 Å². The summed E-state index contributed by atoms with van der Waals surface area (Å²) in [5, 5.41) is 14.8. The van der Waals surface area contributed by atoms with Gasteiger partial charge in [0.2, 0.25) is 0 Å². The zero-order valence-electron chi connectivity index (χ0n) is 23.7. The number of rotatable bonds is 5. The van der Waals surface area contributed by atoms with Gasteiger partial charge in [-0.1, -0.05) is 0 Å². The van der Waals surface area contributed by atoms with Crippen molar-refractivity contribution in [1.82, 2.24) is 25.2 Å². The number of aromatic hydroxyl groups is 1. The van der Waals surface area contributed by atoms with E-state index in [4.69, 9.17) is 9.72 Å². The van der Waals surface area contributed by atoms with Gasteiger partial charge < -0.3 is 20.1 Å². The van der Waals surface area contributed by atoms with Crippen LogP contribution in [0, 0.1) is 11.2 Å². The molecular weight excluding hydrogens is 538 g/mol. The van der Waals surface area contributed by atoms with Gasteiger partial charge in [-0.05, 0) is 86.6 Å². The Kier molecular flexibility index (Phi) is 5.41. The van der Waals surface area contributed by atoms with Crippen molar-refractivity contribution in [3.63, 3.8) is 0 Å². The van der Waals surface area contributed by atoms with E-state index in [-0.39, 0.29) is 40.5 Å². The Morgan fingerprint density at radius 3 is 2.71 bits per heavy atom. The minimum absolute atomic E-state index is 0.126. The van der Waals surface area contributed by atoms with Crippen LogP contribution in [0.3, 0.4) is 0 Å². The highest BCUT2D eigenvalue weighted by atomic mass is 19.1. The summed E-state index contributed by atoms with van der Waals surface area (Å²) in [6.45, 7) is 3.14. The van der Waals surface area contributed by atoms with Crippen molar-refractivity contribution in [1.29, 1.82) is 0 Å². The molecule has 9 rings (SSSR count). The molecule has 2 bridgehead atoms. The summed E-state index contributed by atoms with van der Waals surface area (Å²) in [6, 6.07) is 4.33. The number of nitrogens with one attached hydrogen (secondary N) is 1. The number of fused-ring (bicyclic) bond motifs is 5. The SMILES string of the molecule is Oc1cc2c(c(-c3ncc4c(N5C[C@H]6CC[C@@H](C5)N6)nc(OC[C@@]56CCCN5C[C@H](F)C6)nc4c3F)c1)CC1(CC1)C2. The fourth-order valence-corrected chi connectivity index (χ4v) is 8.80. The molecule has 2 aliphatic carbocycles. The van der Waals surface area contributed by atoms with Gasteiger partial charge in [-0.3, -0.25) is 9.88 Å². The molecule has 0 radical (unpaired) electrons. The van der Waals surface area contributed by atoms with Crippen LogP contribution < -0.4 is 15.0 Å². The number of pyridine rings is 1. The number of ether oxygens (including phenoxy) is 1. The summed E-state index contributed by atoms with van der Waals surface area (Å²) >= 11 is 0. The Morgan fingerprint density at radius 2 is 1.90 bits per heavy atom. The summed E-state index contributed by atoms with van der Waals surface area (Å²) in [7, 11) is 0. The van der Waals surface area contributed by atoms with Crippen LogP contribution in [0.5, 0.6) is 11.8 Å². The van der Waals surface area contributed by atoms with Gasteiger partial charge in [0.25, 0.3) is 0 Å². The van der Waals surface area contributed by atoms with Gasteiger partial charge in [-0.25, -0.2) is 8.78 Å². The molecule has 6 heterocycles. The molecule has 5 fully saturated rings. The second-order valence-corrected chi connectivity index (χ2v) is 13.9. The second kappa shape index (κ2) is 8.95. The van der Waals surface area contributed by atoms with Crippen molar-refractivity contribution in [2.24, 2.45) is 5.41 Å². The number of phenolic OH excluding ortho intramolecular Hbond substituents is 1. The van der Waals surface area contributed by atoms with E-state index in [1.165, 1.54) is 12.8 Å². The molecule has 6 aliphatic rings. The van der Waals surface area contributed by atoms with Gasteiger partial charge in [0, 0.05) is 49.9 Å². The predicted molar refractivity (Wildman–Crippen MR) is 154 cm³/mol. The number of phenols is 1. The largest absolute Gasteiger partial charge is 0.508 e. The Balaban J connectivity index is 1.14. The Morgan fingerprint density at radius 1 is 1.07 bits per heavy atom. The quantitative estimate of drug-likeness (QED) is 0.467. The number of piperazine rings is 1. The van der Waals surface area contributed by atoms with E-state index in [2.05, 4.69) is 25.1 Å². The van der Waals surface area contributed by atoms with Gasteiger partial charge in [-0.15, -0.1) is 0 Å².